The van der Waals surface area contributed by atoms with Crippen LogP contribution in [-0.4, -0.2) is 22.1 Å². The SMILES string of the molecule is CCCNc1cc(NC(C)(CC)CC)nc(C)n1. The molecule has 0 unspecified atom stereocenters. The third-order valence-electron chi connectivity index (χ3n) is 3.38. The molecule has 0 amide bonds. The van der Waals surface area contributed by atoms with Gasteiger partial charge < -0.3 is 10.6 Å². The number of rotatable bonds is 7. The quantitative estimate of drug-likeness (QED) is 0.776. The smallest absolute Gasteiger partial charge is 0.132 e. The fraction of sp³-hybridized carbons (Fsp3) is 0.714. The minimum absolute atomic E-state index is 0.100. The molecule has 0 aliphatic rings. The lowest BCUT2D eigenvalue weighted by atomic mass is 9.96. The van der Waals surface area contributed by atoms with Crippen molar-refractivity contribution in [1.29, 1.82) is 0 Å². The molecule has 18 heavy (non-hydrogen) atoms. The predicted octanol–water partition coefficient (Wildman–Crippen LogP) is 3.60. The van der Waals surface area contributed by atoms with Crippen molar-refractivity contribution in [3.63, 3.8) is 0 Å². The van der Waals surface area contributed by atoms with E-state index in [1.165, 1.54) is 0 Å². The van der Waals surface area contributed by atoms with Gasteiger partial charge in [0.1, 0.15) is 17.5 Å². The largest absolute Gasteiger partial charge is 0.370 e. The van der Waals surface area contributed by atoms with E-state index in [-0.39, 0.29) is 5.54 Å². The zero-order chi connectivity index (χ0) is 13.6. The Morgan fingerprint density at radius 1 is 1.11 bits per heavy atom. The average Bonchev–Trinajstić information content (AvgIpc) is 2.35. The van der Waals surface area contributed by atoms with Crippen molar-refractivity contribution in [1.82, 2.24) is 9.97 Å². The lowest BCUT2D eigenvalue weighted by Crippen LogP contribution is -2.33. The summed E-state index contributed by atoms with van der Waals surface area (Å²) >= 11 is 0. The molecule has 102 valence electrons. The Kier molecular flexibility index (Phi) is 5.38. The minimum Gasteiger partial charge on any atom is -0.370 e. The van der Waals surface area contributed by atoms with Crippen LogP contribution in [0.2, 0.25) is 0 Å². The van der Waals surface area contributed by atoms with E-state index in [0.717, 1.165) is 43.3 Å². The molecule has 1 aromatic rings. The summed E-state index contributed by atoms with van der Waals surface area (Å²) < 4.78 is 0. The fourth-order valence-electron chi connectivity index (χ4n) is 1.71. The topological polar surface area (TPSA) is 49.8 Å². The van der Waals surface area contributed by atoms with E-state index < -0.39 is 0 Å². The fourth-order valence-corrected chi connectivity index (χ4v) is 1.71. The molecule has 0 aromatic carbocycles. The molecular weight excluding hydrogens is 224 g/mol. The number of hydrogen-bond acceptors (Lipinski definition) is 4. The van der Waals surface area contributed by atoms with Crippen LogP contribution in [0.25, 0.3) is 0 Å². The van der Waals surface area contributed by atoms with Crippen LogP contribution < -0.4 is 10.6 Å². The maximum absolute atomic E-state index is 4.46. The second-order valence-corrected chi connectivity index (χ2v) is 5.01. The van der Waals surface area contributed by atoms with Crippen molar-refractivity contribution in [2.24, 2.45) is 0 Å². The van der Waals surface area contributed by atoms with Gasteiger partial charge in [0.25, 0.3) is 0 Å². The summed E-state index contributed by atoms with van der Waals surface area (Å²) in [6.45, 7) is 11.6. The maximum Gasteiger partial charge on any atom is 0.132 e. The Balaban J connectivity index is 2.85. The molecule has 0 aliphatic carbocycles. The number of nitrogens with zero attached hydrogens (tertiary/aromatic N) is 2. The Morgan fingerprint density at radius 2 is 1.72 bits per heavy atom. The minimum atomic E-state index is 0.100. The van der Waals surface area contributed by atoms with Crippen molar-refractivity contribution >= 4 is 11.6 Å². The second kappa shape index (κ2) is 6.57. The highest BCUT2D eigenvalue weighted by atomic mass is 15.1. The van der Waals surface area contributed by atoms with Gasteiger partial charge in [-0.3, -0.25) is 0 Å². The van der Waals surface area contributed by atoms with Gasteiger partial charge in [0.15, 0.2) is 0 Å². The molecular formula is C14H26N4. The number of aryl methyl sites for hydroxylation is 1. The predicted molar refractivity (Wildman–Crippen MR) is 78.2 cm³/mol. The van der Waals surface area contributed by atoms with Gasteiger partial charge >= 0.3 is 0 Å². The summed E-state index contributed by atoms with van der Waals surface area (Å²) in [7, 11) is 0. The first-order chi connectivity index (χ1) is 8.53. The number of nitrogens with one attached hydrogen (secondary N) is 2. The van der Waals surface area contributed by atoms with E-state index in [9.17, 15) is 0 Å². The summed E-state index contributed by atoms with van der Waals surface area (Å²) in [6, 6.07) is 1.99. The molecule has 0 radical (unpaired) electrons. The molecule has 0 fully saturated rings. The van der Waals surface area contributed by atoms with Crippen LogP contribution in [0.5, 0.6) is 0 Å². The van der Waals surface area contributed by atoms with Crippen LogP contribution in [0.3, 0.4) is 0 Å². The first-order valence-corrected chi connectivity index (χ1v) is 6.90. The Morgan fingerprint density at radius 3 is 2.28 bits per heavy atom. The summed E-state index contributed by atoms with van der Waals surface area (Å²) in [6.07, 6.45) is 3.24. The second-order valence-electron chi connectivity index (χ2n) is 5.01. The standard InChI is InChI=1S/C14H26N4/c1-6-9-15-12-10-13(17-11(4)16-12)18-14(5,7-2)8-3/h10H,6-9H2,1-5H3,(H2,15,16,17,18). The zero-order valence-corrected chi connectivity index (χ0v) is 12.3. The van der Waals surface area contributed by atoms with E-state index in [2.05, 4.69) is 48.3 Å². The van der Waals surface area contributed by atoms with Crippen molar-refractivity contribution in [2.75, 3.05) is 17.2 Å². The van der Waals surface area contributed by atoms with E-state index in [1.807, 2.05) is 13.0 Å². The van der Waals surface area contributed by atoms with Gasteiger partial charge in [0.05, 0.1) is 0 Å². The molecule has 4 nitrogen and oxygen atoms in total. The molecule has 4 heteroatoms. The maximum atomic E-state index is 4.46. The first kappa shape index (κ1) is 14.7. The van der Waals surface area contributed by atoms with Crippen LogP contribution in [0, 0.1) is 6.92 Å². The Hall–Kier alpha value is -1.32. The van der Waals surface area contributed by atoms with Crippen LogP contribution in [0.4, 0.5) is 11.6 Å². The lowest BCUT2D eigenvalue weighted by Gasteiger charge is -2.29. The number of hydrogen-bond donors (Lipinski definition) is 2. The van der Waals surface area contributed by atoms with Crippen molar-refractivity contribution < 1.29 is 0 Å². The van der Waals surface area contributed by atoms with E-state index in [4.69, 9.17) is 0 Å². The van der Waals surface area contributed by atoms with Gasteiger partial charge in [-0.2, -0.15) is 0 Å². The molecule has 0 saturated carbocycles. The molecule has 0 bridgehead atoms. The highest BCUT2D eigenvalue weighted by molar-refractivity contribution is 5.48. The lowest BCUT2D eigenvalue weighted by molar-refractivity contribution is 0.476. The molecule has 0 atom stereocenters. The van der Waals surface area contributed by atoms with Crippen LogP contribution in [0.15, 0.2) is 6.07 Å². The molecule has 1 rings (SSSR count). The van der Waals surface area contributed by atoms with Gasteiger partial charge in [0.2, 0.25) is 0 Å². The zero-order valence-electron chi connectivity index (χ0n) is 12.3. The van der Waals surface area contributed by atoms with Gasteiger partial charge in [-0.25, -0.2) is 9.97 Å². The number of anilines is 2. The van der Waals surface area contributed by atoms with E-state index >= 15 is 0 Å². The molecule has 2 N–H and O–H groups in total. The van der Waals surface area contributed by atoms with Crippen LogP contribution in [0.1, 0.15) is 52.8 Å². The monoisotopic (exact) mass is 250 g/mol. The summed E-state index contributed by atoms with van der Waals surface area (Å²) in [5.74, 6) is 2.61. The van der Waals surface area contributed by atoms with E-state index in [1.54, 1.807) is 0 Å². The summed E-state index contributed by atoms with van der Waals surface area (Å²) in [5.41, 5.74) is 0.100. The Bertz CT molecular complexity index is 372. The highest BCUT2D eigenvalue weighted by Gasteiger charge is 2.19. The van der Waals surface area contributed by atoms with Gasteiger partial charge in [0, 0.05) is 18.2 Å². The molecule has 0 spiro atoms. The Labute approximate surface area is 111 Å². The highest BCUT2D eigenvalue weighted by Crippen LogP contribution is 2.21. The first-order valence-electron chi connectivity index (χ1n) is 6.90. The van der Waals surface area contributed by atoms with Gasteiger partial charge in [-0.05, 0) is 33.1 Å². The summed E-state index contributed by atoms with van der Waals surface area (Å²) in [4.78, 5) is 8.85. The van der Waals surface area contributed by atoms with E-state index in [0.29, 0.717) is 0 Å². The summed E-state index contributed by atoms with van der Waals surface area (Å²) in [5, 5.41) is 6.83. The molecule has 1 heterocycles. The van der Waals surface area contributed by atoms with Gasteiger partial charge in [-0.15, -0.1) is 0 Å². The van der Waals surface area contributed by atoms with Crippen molar-refractivity contribution in [2.45, 2.75) is 59.4 Å². The van der Waals surface area contributed by atoms with Crippen LogP contribution >= 0.6 is 0 Å². The molecule has 0 aliphatic heterocycles. The van der Waals surface area contributed by atoms with Crippen molar-refractivity contribution in [3.05, 3.63) is 11.9 Å². The van der Waals surface area contributed by atoms with Crippen LogP contribution in [-0.2, 0) is 0 Å². The third-order valence-corrected chi connectivity index (χ3v) is 3.38. The van der Waals surface area contributed by atoms with Gasteiger partial charge in [-0.1, -0.05) is 20.8 Å². The normalized spacial score (nSPS) is 11.4. The number of aromatic nitrogens is 2. The molecule has 1 aromatic heterocycles. The third kappa shape index (κ3) is 4.17. The average molecular weight is 250 g/mol. The molecule has 0 saturated heterocycles. The van der Waals surface area contributed by atoms with Crippen molar-refractivity contribution in [3.8, 4) is 0 Å².